The summed E-state index contributed by atoms with van der Waals surface area (Å²) in [5.41, 5.74) is 0.493. The Morgan fingerprint density at radius 2 is 2.17 bits per heavy atom. The summed E-state index contributed by atoms with van der Waals surface area (Å²) < 4.78 is 13.7. The van der Waals surface area contributed by atoms with Gasteiger partial charge in [0.25, 0.3) is 5.91 Å². The maximum atomic E-state index is 13.7. The average molecular weight is 416 g/mol. The minimum absolute atomic E-state index is 0.139. The Labute approximate surface area is 171 Å². The van der Waals surface area contributed by atoms with E-state index in [2.05, 4.69) is 15.6 Å². The van der Waals surface area contributed by atoms with E-state index in [1.165, 1.54) is 17.4 Å². The van der Waals surface area contributed by atoms with E-state index in [4.69, 9.17) is 0 Å². The number of urea groups is 1. The van der Waals surface area contributed by atoms with Crippen molar-refractivity contribution in [3.8, 4) is 0 Å². The minimum Gasteiger partial charge on any atom is -0.323 e. The zero-order chi connectivity index (χ0) is 20.8. The van der Waals surface area contributed by atoms with Crippen molar-refractivity contribution in [1.29, 1.82) is 0 Å². The van der Waals surface area contributed by atoms with Gasteiger partial charge in [0, 0.05) is 17.5 Å². The molecule has 1 atom stereocenters. The molecule has 1 unspecified atom stereocenters. The molecule has 4 amide bonds. The first-order valence-electron chi connectivity index (χ1n) is 9.40. The Morgan fingerprint density at radius 1 is 1.41 bits per heavy atom. The number of halogens is 1. The second-order valence-corrected chi connectivity index (χ2v) is 8.85. The molecule has 1 aromatic carbocycles. The molecule has 1 aliphatic carbocycles. The van der Waals surface area contributed by atoms with Crippen LogP contribution in [-0.2, 0) is 16.0 Å². The number of nitrogens with zero attached hydrogens (tertiary/aromatic N) is 2. The summed E-state index contributed by atoms with van der Waals surface area (Å²) in [6.07, 6.45) is 3.91. The first-order chi connectivity index (χ1) is 13.8. The second-order valence-electron chi connectivity index (χ2n) is 7.74. The number of benzene rings is 1. The molecule has 9 heteroatoms. The Balaban J connectivity index is 1.36. The van der Waals surface area contributed by atoms with Crippen LogP contribution in [0.25, 0.3) is 0 Å². The van der Waals surface area contributed by atoms with E-state index in [0.717, 1.165) is 28.2 Å². The molecule has 2 fully saturated rings. The van der Waals surface area contributed by atoms with Gasteiger partial charge in [-0.05, 0) is 49.8 Å². The van der Waals surface area contributed by atoms with Gasteiger partial charge in [-0.2, -0.15) is 0 Å². The monoisotopic (exact) mass is 416 g/mol. The van der Waals surface area contributed by atoms with Crippen molar-refractivity contribution in [1.82, 2.24) is 15.2 Å². The minimum atomic E-state index is -0.908. The molecule has 0 radical (unpaired) electrons. The van der Waals surface area contributed by atoms with Crippen LogP contribution in [0.2, 0.25) is 0 Å². The Bertz CT molecular complexity index is 1000. The molecule has 0 spiro atoms. The molecule has 1 saturated heterocycles. The Kier molecular flexibility index (Phi) is 4.85. The highest BCUT2D eigenvalue weighted by atomic mass is 32.1. The number of carbonyl (C=O) groups is 3. The van der Waals surface area contributed by atoms with Crippen molar-refractivity contribution in [2.24, 2.45) is 5.92 Å². The number of thiazole rings is 1. The predicted octanol–water partition coefficient (Wildman–Crippen LogP) is 2.84. The predicted molar refractivity (Wildman–Crippen MR) is 106 cm³/mol. The van der Waals surface area contributed by atoms with Gasteiger partial charge in [-0.3, -0.25) is 14.5 Å². The Hall–Kier alpha value is -2.81. The van der Waals surface area contributed by atoms with Gasteiger partial charge in [-0.25, -0.2) is 14.2 Å². The summed E-state index contributed by atoms with van der Waals surface area (Å²) in [6, 6.07) is 4.52. The van der Waals surface area contributed by atoms with Crippen LogP contribution < -0.4 is 10.6 Å². The summed E-state index contributed by atoms with van der Waals surface area (Å²) in [7, 11) is 0. The molecule has 1 saturated carbocycles. The van der Waals surface area contributed by atoms with Crippen LogP contribution in [-0.4, -0.2) is 39.8 Å². The average Bonchev–Trinajstić information content (AvgIpc) is 3.40. The highest BCUT2D eigenvalue weighted by Gasteiger charge is 2.56. The van der Waals surface area contributed by atoms with Gasteiger partial charge < -0.3 is 10.6 Å². The number of hydrogen-bond acceptors (Lipinski definition) is 5. The molecule has 2 heterocycles. The molecule has 2 aliphatic rings. The van der Waals surface area contributed by atoms with Gasteiger partial charge in [0.1, 0.15) is 17.9 Å². The molecule has 4 rings (SSSR count). The highest BCUT2D eigenvalue weighted by molar-refractivity contribution is 7.15. The molecular formula is C20H21FN4O3S. The van der Waals surface area contributed by atoms with Crippen LogP contribution in [0.5, 0.6) is 0 Å². The largest absolute Gasteiger partial charge is 0.325 e. The number of rotatable bonds is 6. The quantitative estimate of drug-likeness (QED) is 0.709. The molecule has 152 valence electrons. The first kappa shape index (κ1) is 19.5. The number of amides is 4. The lowest BCUT2D eigenvalue weighted by Gasteiger charge is -2.20. The maximum Gasteiger partial charge on any atom is 0.325 e. The van der Waals surface area contributed by atoms with E-state index < -0.39 is 17.5 Å². The smallest absolute Gasteiger partial charge is 0.323 e. The highest BCUT2D eigenvalue weighted by Crippen LogP contribution is 2.42. The molecule has 1 aliphatic heterocycles. The van der Waals surface area contributed by atoms with Crippen LogP contribution in [0.15, 0.2) is 24.4 Å². The molecule has 2 aromatic rings. The normalized spacial score (nSPS) is 21.4. The van der Waals surface area contributed by atoms with E-state index in [-0.39, 0.29) is 24.2 Å². The van der Waals surface area contributed by atoms with Crippen LogP contribution in [0.3, 0.4) is 0 Å². The number of aromatic nitrogens is 1. The molecule has 2 N–H and O–H groups in total. The number of anilines is 1. The summed E-state index contributed by atoms with van der Waals surface area (Å²) in [5.74, 6) is -0.968. The lowest BCUT2D eigenvalue weighted by Crippen LogP contribution is -2.46. The molecule has 7 nitrogen and oxygen atoms in total. The van der Waals surface area contributed by atoms with Gasteiger partial charge in [0.15, 0.2) is 5.13 Å². The second kappa shape index (κ2) is 7.22. The topological polar surface area (TPSA) is 91.4 Å². The molecule has 29 heavy (non-hydrogen) atoms. The SMILES string of the molecule is Cc1ccc(Cc2cnc(NC(=O)CN3C(=O)NC(C)(C4CC4)C3=O)s2)cc1F. The van der Waals surface area contributed by atoms with E-state index >= 15 is 0 Å². The van der Waals surface area contributed by atoms with Crippen LogP contribution in [0.4, 0.5) is 14.3 Å². The number of carbonyl (C=O) groups excluding carboxylic acids is 3. The van der Waals surface area contributed by atoms with Crippen LogP contribution in [0, 0.1) is 18.7 Å². The third-order valence-electron chi connectivity index (χ3n) is 5.41. The maximum absolute atomic E-state index is 13.7. The number of aryl methyl sites for hydroxylation is 1. The molecular weight excluding hydrogens is 395 g/mol. The Morgan fingerprint density at radius 3 is 2.86 bits per heavy atom. The van der Waals surface area contributed by atoms with Crippen molar-refractivity contribution in [3.63, 3.8) is 0 Å². The zero-order valence-corrected chi connectivity index (χ0v) is 16.9. The number of imide groups is 1. The lowest BCUT2D eigenvalue weighted by atomic mass is 9.96. The molecule has 0 bridgehead atoms. The number of nitrogens with one attached hydrogen (secondary N) is 2. The van der Waals surface area contributed by atoms with E-state index in [9.17, 15) is 18.8 Å². The zero-order valence-electron chi connectivity index (χ0n) is 16.1. The van der Waals surface area contributed by atoms with E-state index in [1.54, 1.807) is 26.1 Å². The first-order valence-corrected chi connectivity index (χ1v) is 10.2. The lowest BCUT2D eigenvalue weighted by molar-refractivity contribution is -0.134. The molecule has 1 aromatic heterocycles. The third-order valence-corrected chi connectivity index (χ3v) is 6.32. The van der Waals surface area contributed by atoms with Gasteiger partial charge in [-0.1, -0.05) is 12.1 Å². The van der Waals surface area contributed by atoms with Crippen molar-refractivity contribution in [3.05, 3.63) is 46.2 Å². The fraction of sp³-hybridized carbons (Fsp3) is 0.400. The fourth-order valence-electron chi connectivity index (χ4n) is 3.49. The number of hydrogen-bond donors (Lipinski definition) is 2. The summed E-state index contributed by atoms with van der Waals surface area (Å²) in [6.45, 7) is 3.06. The van der Waals surface area contributed by atoms with Gasteiger partial charge >= 0.3 is 6.03 Å². The van der Waals surface area contributed by atoms with Crippen molar-refractivity contribution in [2.75, 3.05) is 11.9 Å². The van der Waals surface area contributed by atoms with Crippen molar-refractivity contribution < 1.29 is 18.8 Å². The van der Waals surface area contributed by atoms with Crippen molar-refractivity contribution >= 4 is 34.3 Å². The van der Waals surface area contributed by atoms with Crippen LogP contribution in [0.1, 0.15) is 35.8 Å². The standard InChI is InChI=1S/C20H21FN4O3S/c1-11-3-4-12(8-15(11)21)7-14-9-22-18(29-14)23-16(26)10-25-17(27)20(2,13-5-6-13)24-19(25)28/h3-4,8-9,13H,5-7,10H2,1-2H3,(H,24,28)(H,22,23,26). The van der Waals surface area contributed by atoms with Crippen LogP contribution >= 0.6 is 11.3 Å². The third kappa shape index (κ3) is 3.87. The summed E-state index contributed by atoms with van der Waals surface area (Å²) in [4.78, 5) is 43.0. The van der Waals surface area contributed by atoms with Gasteiger partial charge in [-0.15, -0.1) is 11.3 Å². The summed E-state index contributed by atoms with van der Waals surface area (Å²) in [5, 5.41) is 5.71. The van der Waals surface area contributed by atoms with E-state index in [1.807, 2.05) is 6.07 Å². The van der Waals surface area contributed by atoms with Gasteiger partial charge in [0.2, 0.25) is 5.91 Å². The summed E-state index contributed by atoms with van der Waals surface area (Å²) >= 11 is 1.27. The van der Waals surface area contributed by atoms with E-state index in [0.29, 0.717) is 17.1 Å². The fourth-order valence-corrected chi connectivity index (χ4v) is 4.36. The van der Waals surface area contributed by atoms with Gasteiger partial charge in [0.05, 0.1) is 0 Å². The van der Waals surface area contributed by atoms with Crippen molar-refractivity contribution in [2.45, 2.75) is 38.6 Å².